The minimum atomic E-state index is 0.553. The molecule has 2 atom stereocenters. The van der Waals surface area contributed by atoms with Gasteiger partial charge in [-0.1, -0.05) is 12.0 Å². The van der Waals surface area contributed by atoms with Gasteiger partial charge in [-0.05, 0) is 55.3 Å². The molecule has 0 amide bonds. The van der Waals surface area contributed by atoms with E-state index in [-0.39, 0.29) is 0 Å². The van der Waals surface area contributed by atoms with Crippen molar-refractivity contribution in [2.75, 3.05) is 6.54 Å². The first-order valence-corrected chi connectivity index (χ1v) is 6.73. The van der Waals surface area contributed by atoms with Crippen molar-refractivity contribution >= 4 is 5.57 Å². The van der Waals surface area contributed by atoms with Crippen molar-refractivity contribution in [3.63, 3.8) is 0 Å². The van der Waals surface area contributed by atoms with E-state index < -0.39 is 0 Å². The quantitative estimate of drug-likeness (QED) is 0.761. The first-order chi connectivity index (χ1) is 8.86. The Labute approximate surface area is 109 Å². The maximum atomic E-state index is 5.43. The molecular weight excluding hydrogens is 220 g/mol. The maximum absolute atomic E-state index is 5.43. The summed E-state index contributed by atoms with van der Waals surface area (Å²) in [6, 6.07) is 2.62. The molecule has 1 aliphatic heterocycles. The molecular formula is C16H18N2. The lowest BCUT2D eigenvalue weighted by atomic mass is 9.79. The summed E-state index contributed by atoms with van der Waals surface area (Å²) in [5, 5.41) is 3.61. The Bertz CT molecular complexity index is 510. The summed E-state index contributed by atoms with van der Waals surface area (Å²) in [6.07, 6.45) is 16.6. The van der Waals surface area contributed by atoms with Crippen LogP contribution in [0.15, 0.2) is 24.5 Å². The largest absolute Gasteiger partial charge is 0.310 e. The van der Waals surface area contributed by atoms with E-state index in [0.29, 0.717) is 6.04 Å². The Morgan fingerprint density at radius 3 is 3.17 bits per heavy atom. The third-order valence-corrected chi connectivity index (χ3v) is 4.08. The van der Waals surface area contributed by atoms with Gasteiger partial charge in [-0.25, -0.2) is 0 Å². The second-order valence-corrected chi connectivity index (χ2v) is 5.22. The number of rotatable bonds is 1. The molecule has 1 fully saturated rings. The van der Waals surface area contributed by atoms with Gasteiger partial charge in [-0.3, -0.25) is 4.98 Å². The fourth-order valence-corrected chi connectivity index (χ4v) is 3.07. The molecule has 18 heavy (non-hydrogen) atoms. The van der Waals surface area contributed by atoms with Crippen molar-refractivity contribution in [1.82, 2.24) is 10.3 Å². The molecule has 1 aliphatic carbocycles. The van der Waals surface area contributed by atoms with E-state index in [9.17, 15) is 0 Å². The van der Waals surface area contributed by atoms with Gasteiger partial charge >= 0.3 is 0 Å². The summed E-state index contributed by atoms with van der Waals surface area (Å²) in [6.45, 7) is 1.15. The molecule has 0 aromatic carbocycles. The van der Waals surface area contributed by atoms with Gasteiger partial charge in [0.05, 0.1) is 0 Å². The van der Waals surface area contributed by atoms with Crippen molar-refractivity contribution < 1.29 is 0 Å². The van der Waals surface area contributed by atoms with Crippen molar-refractivity contribution in [3.8, 4) is 12.3 Å². The average molecular weight is 238 g/mol. The van der Waals surface area contributed by atoms with E-state index in [0.717, 1.165) is 24.4 Å². The average Bonchev–Trinajstić information content (AvgIpc) is 2.47. The van der Waals surface area contributed by atoms with Crippen LogP contribution in [0.3, 0.4) is 0 Å². The first-order valence-electron chi connectivity index (χ1n) is 6.73. The Balaban J connectivity index is 1.88. The van der Waals surface area contributed by atoms with Crippen LogP contribution in [0.5, 0.6) is 0 Å². The molecule has 2 heterocycles. The number of hydrogen-bond acceptors (Lipinski definition) is 2. The van der Waals surface area contributed by atoms with E-state index in [1.807, 2.05) is 6.20 Å². The van der Waals surface area contributed by atoms with E-state index in [2.05, 4.69) is 28.4 Å². The lowest BCUT2D eigenvalue weighted by Gasteiger charge is -2.35. The van der Waals surface area contributed by atoms with Gasteiger partial charge < -0.3 is 5.32 Å². The number of hydrogen-bond donors (Lipinski definition) is 1. The predicted octanol–water partition coefficient (Wildman–Crippen LogP) is 2.61. The fourth-order valence-electron chi connectivity index (χ4n) is 3.07. The molecule has 1 saturated heterocycles. The SMILES string of the molecule is C#Cc1cncc(C2=CC3NCCCC3CC2)c1. The van der Waals surface area contributed by atoms with Gasteiger partial charge in [0.2, 0.25) is 0 Å². The normalized spacial score (nSPS) is 26.9. The predicted molar refractivity (Wildman–Crippen MR) is 73.9 cm³/mol. The summed E-state index contributed by atoms with van der Waals surface area (Å²) in [4.78, 5) is 4.23. The molecule has 3 rings (SSSR count). The van der Waals surface area contributed by atoms with Crippen LogP contribution in [-0.2, 0) is 0 Å². The Kier molecular flexibility index (Phi) is 3.17. The smallest absolute Gasteiger partial charge is 0.0432 e. The first kappa shape index (κ1) is 11.5. The van der Waals surface area contributed by atoms with Crippen LogP contribution in [0.4, 0.5) is 0 Å². The summed E-state index contributed by atoms with van der Waals surface area (Å²) in [5.41, 5.74) is 3.46. The molecule has 1 N–H and O–H groups in total. The minimum Gasteiger partial charge on any atom is -0.310 e. The van der Waals surface area contributed by atoms with Crippen LogP contribution in [0, 0.1) is 18.3 Å². The summed E-state index contributed by atoms with van der Waals surface area (Å²) < 4.78 is 0. The highest BCUT2D eigenvalue weighted by molar-refractivity contribution is 5.67. The molecule has 92 valence electrons. The second kappa shape index (κ2) is 4.96. The highest BCUT2D eigenvalue weighted by atomic mass is 14.9. The number of allylic oxidation sites excluding steroid dienone is 1. The molecule has 1 aromatic rings. The molecule has 2 heteroatoms. The molecule has 0 saturated carbocycles. The van der Waals surface area contributed by atoms with E-state index in [1.54, 1.807) is 6.20 Å². The molecule has 2 aliphatic rings. The molecule has 0 spiro atoms. The van der Waals surface area contributed by atoms with Crippen LogP contribution in [0.2, 0.25) is 0 Å². The Hall–Kier alpha value is -1.59. The number of nitrogens with zero attached hydrogens (tertiary/aromatic N) is 1. The summed E-state index contributed by atoms with van der Waals surface area (Å²) >= 11 is 0. The highest BCUT2D eigenvalue weighted by Gasteiger charge is 2.27. The van der Waals surface area contributed by atoms with Gasteiger partial charge in [0, 0.05) is 24.0 Å². The van der Waals surface area contributed by atoms with Gasteiger partial charge in [0.1, 0.15) is 0 Å². The van der Waals surface area contributed by atoms with E-state index in [4.69, 9.17) is 6.42 Å². The lowest BCUT2D eigenvalue weighted by Crippen LogP contribution is -2.41. The van der Waals surface area contributed by atoms with Crippen molar-refractivity contribution in [2.45, 2.75) is 31.7 Å². The fraction of sp³-hybridized carbons (Fsp3) is 0.438. The zero-order valence-corrected chi connectivity index (χ0v) is 10.5. The number of fused-ring (bicyclic) bond motifs is 1. The van der Waals surface area contributed by atoms with Crippen LogP contribution in [0.1, 0.15) is 36.8 Å². The van der Waals surface area contributed by atoms with E-state index in [1.165, 1.54) is 30.4 Å². The third kappa shape index (κ3) is 2.19. The summed E-state index contributed by atoms with van der Waals surface area (Å²) in [5.74, 6) is 3.48. The van der Waals surface area contributed by atoms with Crippen molar-refractivity contribution in [2.24, 2.45) is 5.92 Å². The van der Waals surface area contributed by atoms with Crippen LogP contribution in [0.25, 0.3) is 5.57 Å². The molecule has 1 aromatic heterocycles. The number of terminal acetylenes is 1. The van der Waals surface area contributed by atoms with Gasteiger partial charge in [-0.2, -0.15) is 0 Å². The summed E-state index contributed by atoms with van der Waals surface area (Å²) in [7, 11) is 0. The second-order valence-electron chi connectivity index (χ2n) is 5.22. The van der Waals surface area contributed by atoms with Crippen molar-refractivity contribution in [3.05, 3.63) is 35.7 Å². The monoisotopic (exact) mass is 238 g/mol. The third-order valence-electron chi connectivity index (χ3n) is 4.08. The minimum absolute atomic E-state index is 0.553. The number of pyridine rings is 1. The Morgan fingerprint density at radius 2 is 2.28 bits per heavy atom. The highest BCUT2D eigenvalue weighted by Crippen LogP contribution is 2.34. The number of nitrogens with one attached hydrogen (secondary N) is 1. The van der Waals surface area contributed by atoms with Crippen LogP contribution < -0.4 is 5.32 Å². The molecule has 2 unspecified atom stereocenters. The number of piperidine rings is 1. The van der Waals surface area contributed by atoms with Crippen molar-refractivity contribution in [1.29, 1.82) is 0 Å². The maximum Gasteiger partial charge on any atom is 0.0432 e. The van der Waals surface area contributed by atoms with E-state index >= 15 is 0 Å². The van der Waals surface area contributed by atoms with Crippen LogP contribution >= 0.6 is 0 Å². The van der Waals surface area contributed by atoms with Gasteiger partial charge in [-0.15, -0.1) is 6.42 Å². The van der Waals surface area contributed by atoms with Gasteiger partial charge in [0.15, 0.2) is 0 Å². The van der Waals surface area contributed by atoms with Crippen LogP contribution in [-0.4, -0.2) is 17.6 Å². The lowest BCUT2D eigenvalue weighted by molar-refractivity contribution is 0.298. The standard InChI is InChI=1S/C16H18N2/c1-2-12-8-15(11-17-10-12)14-6-5-13-4-3-7-18-16(13)9-14/h1,8-11,13,16,18H,3-7H2. The topological polar surface area (TPSA) is 24.9 Å². The molecule has 0 radical (unpaired) electrons. The van der Waals surface area contributed by atoms with Gasteiger partial charge in [0.25, 0.3) is 0 Å². The number of aromatic nitrogens is 1. The zero-order valence-electron chi connectivity index (χ0n) is 10.5. The Morgan fingerprint density at radius 1 is 1.33 bits per heavy atom. The molecule has 0 bridgehead atoms. The molecule has 2 nitrogen and oxygen atoms in total. The zero-order chi connectivity index (χ0) is 12.4.